The highest BCUT2D eigenvalue weighted by molar-refractivity contribution is 6.14. The van der Waals surface area contributed by atoms with E-state index in [1.165, 1.54) is 25.3 Å². The molecule has 5 rings (SSSR count). The van der Waals surface area contributed by atoms with E-state index in [0.717, 1.165) is 11.3 Å². The fourth-order valence-corrected chi connectivity index (χ4v) is 5.43. The summed E-state index contributed by atoms with van der Waals surface area (Å²) in [6.45, 7) is 1.74. The highest BCUT2D eigenvalue weighted by atomic mass is 19.1. The molecule has 0 bridgehead atoms. The molecule has 3 atom stereocenters. The number of allylic oxidation sites excluding steroid dienone is 1. The molecule has 1 aliphatic heterocycles. The number of hydrogen-bond acceptors (Lipinski definition) is 5. The Balaban J connectivity index is 1.60. The number of phenols is 1. The predicted octanol–water partition coefficient (Wildman–Crippen LogP) is 5.75. The van der Waals surface area contributed by atoms with Crippen molar-refractivity contribution in [1.29, 1.82) is 0 Å². The lowest BCUT2D eigenvalue weighted by Gasteiger charge is -2.38. The third-order valence-corrected chi connectivity index (χ3v) is 7.15. The average molecular weight is 499 g/mol. The molecule has 0 unspecified atom stereocenters. The monoisotopic (exact) mass is 498 g/mol. The molecule has 2 N–H and O–H groups in total. The first kappa shape index (κ1) is 24.4. The molecule has 1 saturated carbocycles. The van der Waals surface area contributed by atoms with Crippen LogP contribution in [0.2, 0.25) is 0 Å². The van der Waals surface area contributed by atoms with Crippen molar-refractivity contribution in [3.63, 3.8) is 0 Å². The van der Waals surface area contributed by atoms with Crippen LogP contribution in [-0.2, 0) is 9.59 Å². The lowest BCUT2D eigenvalue weighted by atomic mass is 9.66. The van der Waals surface area contributed by atoms with Crippen LogP contribution in [0.15, 0.2) is 89.1 Å². The first-order chi connectivity index (χ1) is 17.9. The van der Waals surface area contributed by atoms with Gasteiger partial charge >= 0.3 is 0 Å². The predicted molar refractivity (Wildman–Crippen MR) is 139 cm³/mol. The van der Waals surface area contributed by atoms with Crippen LogP contribution >= 0.6 is 0 Å². The van der Waals surface area contributed by atoms with E-state index in [0.29, 0.717) is 24.1 Å². The van der Waals surface area contributed by atoms with Crippen LogP contribution in [0.3, 0.4) is 0 Å². The van der Waals surface area contributed by atoms with Crippen LogP contribution in [0, 0.1) is 11.7 Å². The SMILES string of the molecule is COc1cc([C@@H]2C(C(=O)Nc3ccccc3F)=C(C)N=C3C[C@@H](c4ccccc4)CC(=O)[C@@H]32)ccc1O. The highest BCUT2D eigenvalue weighted by Gasteiger charge is 2.45. The quantitative estimate of drug-likeness (QED) is 0.469. The minimum absolute atomic E-state index is 0.000273. The van der Waals surface area contributed by atoms with Gasteiger partial charge in [0.1, 0.15) is 11.6 Å². The van der Waals surface area contributed by atoms with Crippen LogP contribution in [0.25, 0.3) is 0 Å². The third-order valence-electron chi connectivity index (χ3n) is 7.15. The Kier molecular flexibility index (Phi) is 6.61. The van der Waals surface area contributed by atoms with Crippen LogP contribution < -0.4 is 10.1 Å². The number of carbonyl (C=O) groups excluding carboxylic acids is 2. The molecule has 1 amide bonds. The largest absolute Gasteiger partial charge is 0.504 e. The molecule has 188 valence electrons. The summed E-state index contributed by atoms with van der Waals surface area (Å²) in [7, 11) is 1.44. The van der Waals surface area contributed by atoms with Gasteiger partial charge in [-0.05, 0) is 54.7 Å². The van der Waals surface area contributed by atoms with Crippen LogP contribution in [-0.4, -0.2) is 29.6 Å². The topological polar surface area (TPSA) is 88.0 Å². The maximum Gasteiger partial charge on any atom is 0.254 e. The number of ketones is 1. The number of para-hydroxylation sites is 1. The number of halogens is 1. The van der Waals surface area contributed by atoms with Gasteiger partial charge in [-0.2, -0.15) is 0 Å². The minimum atomic E-state index is -0.669. The molecule has 7 heteroatoms. The van der Waals surface area contributed by atoms with E-state index < -0.39 is 23.6 Å². The number of nitrogens with one attached hydrogen (secondary N) is 1. The number of methoxy groups -OCH3 is 1. The van der Waals surface area contributed by atoms with Crippen molar-refractivity contribution >= 4 is 23.1 Å². The summed E-state index contributed by atoms with van der Waals surface area (Å²) in [6.07, 6.45) is 0.909. The summed E-state index contributed by atoms with van der Waals surface area (Å²) >= 11 is 0. The number of ether oxygens (including phenoxy) is 1. The number of phenolic OH excluding ortho intramolecular Hbond substituents is 1. The van der Waals surface area contributed by atoms with Crippen molar-refractivity contribution in [3.8, 4) is 11.5 Å². The Hall–Kier alpha value is -4.26. The van der Waals surface area contributed by atoms with Gasteiger partial charge in [0.15, 0.2) is 11.5 Å². The van der Waals surface area contributed by atoms with Gasteiger partial charge in [-0.15, -0.1) is 0 Å². The molecule has 6 nitrogen and oxygen atoms in total. The number of hydrogen-bond donors (Lipinski definition) is 2. The van der Waals surface area contributed by atoms with Gasteiger partial charge in [0.2, 0.25) is 0 Å². The van der Waals surface area contributed by atoms with Gasteiger partial charge in [-0.1, -0.05) is 48.5 Å². The highest BCUT2D eigenvalue weighted by Crippen LogP contribution is 2.47. The van der Waals surface area contributed by atoms with Gasteiger partial charge in [-0.25, -0.2) is 4.39 Å². The number of anilines is 1. The van der Waals surface area contributed by atoms with Crippen molar-refractivity contribution in [2.45, 2.75) is 31.6 Å². The number of amides is 1. The van der Waals surface area contributed by atoms with E-state index >= 15 is 0 Å². The standard InChI is InChI=1S/C30H27FN2O4/c1-17-27(30(36)33-22-11-7-6-10-21(22)31)28(19-12-13-24(34)26(16-19)37-2)29-23(32-17)14-20(15-25(29)35)18-8-4-3-5-9-18/h3-13,16,20,28-29,34H,14-15H2,1-2H3,(H,33,36)/t20-,28-,29-/m1/s1. The molecule has 3 aromatic carbocycles. The number of Topliss-reactive ketones (excluding diaryl/α,β-unsaturated/α-hetero) is 1. The van der Waals surface area contributed by atoms with Crippen LogP contribution in [0.1, 0.15) is 42.7 Å². The summed E-state index contributed by atoms with van der Waals surface area (Å²) < 4.78 is 19.7. The van der Waals surface area contributed by atoms with Gasteiger partial charge in [0.25, 0.3) is 5.91 Å². The van der Waals surface area contributed by atoms with E-state index in [-0.39, 0.29) is 34.5 Å². The summed E-state index contributed by atoms with van der Waals surface area (Å²) in [5.74, 6) is -2.24. The van der Waals surface area contributed by atoms with Crippen LogP contribution in [0.5, 0.6) is 11.5 Å². The maximum atomic E-state index is 14.4. The molecule has 3 aromatic rings. The van der Waals surface area contributed by atoms with Crippen molar-refractivity contribution < 1.29 is 23.8 Å². The first-order valence-corrected chi connectivity index (χ1v) is 12.2. The van der Waals surface area contributed by atoms with E-state index in [1.807, 2.05) is 30.3 Å². The summed E-state index contributed by atoms with van der Waals surface area (Å²) in [5, 5.41) is 12.8. The zero-order chi connectivity index (χ0) is 26.1. The van der Waals surface area contributed by atoms with Crippen molar-refractivity contribution in [1.82, 2.24) is 0 Å². The smallest absolute Gasteiger partial charge is 0.254 e. The number of carbonyl (C=O) groups is 2. The van der Waals surface area contributed by atoms with Gasteiger partial charge in [-0.3, -0.25) is 14.6 Å². The van der Waals surface area contributed by atoms with Crippen molar-refractivity contribution in [2.75, 3.05) is 12.4 Å². The second kappa shape index (κ2) is 10.0. The Morgan fingerprint density at radius 1 is 1.00 bits per heavy atom. The summed E-state index contributed by atoms with van der Waals surface area (Å²) in [6, 6.07) is 20.6. The fourth-order valence-electron chi connectivity index (χ4n) is 5.43. The zero-order valence-electron chi connectivity index (χ0n) is 20.6. The molecule has 1 fully saturated rings. The molecule has 1 aliphatic carbocycles. The average Bonchev–Trinajstić information content (AvgIpc) is 2.90. The Morgan fingerprint density at radius 3 is 2.46 bits per heavy atom. The maximum absolute atomic E-state index is 14.4. The number of nitrogens with zero attached hydrogens (tertiary/aromatic N) is 1. The summed E-state index contributed by atoms with van der Waals surface area (Å²) in [4.78, 5) is 32.1. The zero-order valence-corrected chi connectivity index (χ0v) is 20.6. The lowest BCUT2D eigenvalue weighted by Crippen LogP contribution is -2.41. The molecular formula is C30H27FN2O4. The Bertz CT molecular complexity index is 1430. The van der Waals surface area contributed by atoms with Crippen LogP contribution in [0.4, 0.5) is 10.1 Å². The molecular weight excluding hydrogens is 471 g/mol. The molecule has 0 radical (unpaired) electrons. The van der Waals surface area contributed by atoms with Gasteiger partial charge in [0.05, 0.1) is 18.7 Å². The second-order valence-electron chi connectivity index (χ2n) is 9.40. The number of fused-ring (bicyclic) bond motifs is 1. The number of aromatic hydroxyl groups is 1. The Morgan fingerprint density at radius 2 is 1.73 bits per heavy atom. The summed E-state index contributed by atoms with van der Waals surface area (Å²) in [5.41, 5.74) is 3.24. The normalized spacial score (nSPS) is 21.2. The molecule has 0 spiro atoms. The van der Waals surface area contributed by atoms with Gasteiger partial charge < -0.3 is 15.2 Å². The number of aliphatic imine (C=N–C) groups is 1. The number of benzene rings is 3. The Labute approximate surface area is 214 Å². The number of rotatable bonds is 5. The fraction of sp³-hybridized carbons (Fsp3) is 0.233. The second-order valence-corrected chi connectivity index (χ2v) is 9.40. The van der Waals surface area contributed by atoms with E-state index in [9.17, 15) is 19.1 Å². The molecule has 0 saturated heterocycles. The molecule has 37 heavy (non-hydrogen) atoms. The molecule has 0 aromatic heterocycles. The van der Waals surface area contributed by atoms with Crippen molar-refractivity contribution in [2.24, 2.45) is 10.9 Å². The minimum Gasteiger partial charge on any atom is -0.504 e. The molecule has 2 aliphatic rings. The molecule has 1 heterocycles. The van der Waals surface area contributed by atoms with Gasteiger partial charge in [0, 0.05) is 29.3 Å². The lowest BCUT2D eigenvalue weighted by molar-refractivity contribution is -0.122. The van der Waals surface area contributed by atoms with E-state index in [2.05, 4.69) is 5.32 Å². The van der Waals surface area contributed by atoms with Crippen molar-refractivity contribution in [3.05, 3.63) is 101 Å². The first-order valence-electron chi connectivity index (χ1n) is 12.2. The third kappa shape index (κ3) is 4.65. The van der Waals surface area contributed by atoms with E-state index in [1.54, 1.807) is 31.2 Å². The van der Waals surface area contributed by atoms with E-state index in [4.69, 9.17) is 9.73 Å².